The van der Waals surface area contributed by atoms with E-state index in [1.54, 1.807) is 31.5 Å². The molecule has 0 radical (unpaired) electrons. The standard InChI is InChI=1S/C18H26N4O2/c1-14(21-22-18(24)15-9-11-19-12-10-15)13-17(23)20-16-7-5-3-2-4-6-8-16/h9-12,16H,2-8,13H2,1H3,(H,20,23)(H,22,24)/b21-14-. The third-order valence-electron chi connectivity index (χ3n) is 4.18. The van der Waals surface area contributed by atoms with Crippen LogP contribution in [0.15, 0.2) is 29.6 Å². The first-order valence-electron chi connectivity index (χ1n) is 8.68. The van der Waals surface area contributed by atoms with Crippen LogP contribution in [-0.4, -0.2) is 28.6 Å². The van der Waals surface area contributed by atoms with E-state index in [0.717, 1.165) is 12.8 Å². The average Bonchev–Trinajstić information content (AvgIpc) is 2.56. The van der Waals surface area contributed by atoms with Gasteiger partial charge in [0.25, 0.3) is 5.91 Å². The Kier molecular flexibility index (Phi) is 7.39. The summed E-state index contributed by atoms with van der Waals surface area (Å²) in [5.74, 6) is -0.336. The van der Waals surface area contributed by atoms with Gasteiger partial charge >= 0.3 is 0 Å². The fraction of sp³-hybridized carbons (Fsp3) is 0.556. The van der Waals surface area contributed by atoms with E-state index in [2.05, 4.69) is 20.8 Å². The molecule has 6 heteroatoms. The maximum atomic E-state index is 12.1. The number of hydrazone groups is 1. The van der Waals surface area contributed by atoms with Crippen molar-refractivity contribution in [3.8, 4) is 0 Å². The molecule has 0 unspecified atom stereocenters. The summed E-state index contributed by atoms with van der Waals surface area (Å²) in [4.78, 5) is 27.9. The van der Waals surface area contributed by atoms with Gasteiger partial charge in [-0.2, -0.15) is 5.10 Å². The molecule has 1 saturated carbocycles. The van der Waals surface area contributed by atoms with Gasteiger partial charge in [-0.1, -0.05) is 32.1 Å². The van der Waals surface area contributed by atoms with Crippen molar-refractivity contribution in [3.05, 3.63) is 30.1 Å². The number of carbonyl (C=O) groups excluding carboxylic acids is 2. The van der Waals surface area contributed by atoms with Crippen molar-refractivity contribution < 1.29 is 9.59 Å². The van der Waals surface area contributed by atoms with Crippen molar-refractivity contribution in [2.24, 2.45) is 5.10 Å². The van der Waals surface area contributed by atoms with Crippen LogP contribution >= 0.6 is 0 Å². The van der Waals surface area contributed by atoms with E-state index >= 15 is 0 Å². The van der Waals surface area contributed by atoms with Crippen LogP contribution < -0.4 is 10.7 Å². The highest BCUT2D eigenvalue weighted by atomic mass is 16.2. The monoisotopic (exact) mass is 330 g/mol. The third-order valence-corrected chi connectivity index (χ3v) is 4.18. The van der Waals surface area contributed by atoms with Crippen LogP contribution in [0, 0.1) is 0 Å². The Balaban J connectivity index is 1.76. The number of nitrogens with one attached hydrogen (secondary N) is 2. The number of hydrogen-bond donors (Lipinski definition) is 2. The van der Waals surface area contributed by atoms with Crippen molar-refractivity contribution in [3.63, 3.8) is 0 Å². The van der Waals surface area contributed by atoms with Gasteiger partial charge in [0.15, 0.2) is 0 Å². The molecule has 0 spiro atoms. The SMILES string of the molecule is C/C(CC(=O)NC1CCCCCCC1)=N/NC(=O)c1ccncc1. The topological polar surface area (TPSA) is 83.5 Å². The van der Waals surface area contributed by atoms with E-state index < -0.39 is 0 Å². The highest BCUT2D eigenvalue weighted by Gasteiger charge is 2.14. The number of rotatable bonds is 5. The van der Waals surface area contributed by atoms with Gasteiger partial charge in [-0.15, -0.1) is 0 Å². The lowest BCUT2D eigenvalue weighted by Gasteiger charge is -2.21. The summed E-state index contributed by atoms with van der Waals surface area (Å²) in [6, 6.07) is 3.50. The quantitative estimate of drug-likeness (QED) is 0.643. The number of carbonyl (C=O) groups is 2. The predicted octanol–water partition coefficient (Wildman–Crippen LogP) is 2.81. The molecule has 0 aliphatic heterocycles. The Morgan fingerprint density at radius 3 is 2.42 bits per heavy atom. The summed E-state index contributed by atoms with van der Waals surface area (Å²) < 4.78 is 0. The van der Waals surface area contributed by atoms with Crippen LogP contribution in [0.5, 0.6) is 0 Å². The molecule has 2 N–H and O–H groups in total. The Bertz CT molecular complexity index is 564. The van der Waals surface area contributed by atoms with E-state index in [4.69, 9.17) is 0 Å². The van der Waals surface area contributed by atoms with Gasteiger partial charge in [0.2, 0.25) is 5.91 Å². The van der Waals surface area contributed by atoms with Crippen LogP contribution in [0.3, 0.4) is 0 Å². The molecule has 0 aromatic carbocycles. The van der Waals surface area contributed by atoms with E-state index in [9.17, 15) is 9.59 Å². The molecule has 2 rings (SSSR count). The summed E-state index contributed by atoms with van der Waals surface area (Å²) in [6.07, 6.45) is 11.6. The zero-order chi connectivity index (χ0) is 17.2. The summed E-state index contributed by atoms with van der Waals surface area (Å²) in [6.45, 7) is 1.74. The minimum Gasteiger partial charge on any atom is -0.353 e. The Morgan fingerprint density at radius 2 is 1.75 bits per heavy atom. The fourth-order valence-corrected chi connectivity index (χ4v) is 2.87. The molecule has 1 aliphatic carbocycles. The van der Waals surface area contributed by atoms with Gasteiger partial charge in [0.1, 0.15) is 0 Å². The normalized spacial score (nSPS) is 16.8. The molecule has 2 amide bonds. The molecule has 24 heavy (non-hydrogen) atoms. The van der Waals surface area contributed by atoms with Crippen LogP contribution in [0.2, 0.25) is 0 Å². The molecule has 1 aromatic heterocycles. The van der Waals surface area contributed by atoms with Crippen LogP contribution in [-0.2, 0) is 4.79 Å². The van der Waals surface area contributed by atoms with Gasteiger partial charge in [-0.05, 0) is 31.9 Å². The van der Waals surface area contributed by atoms with Crippen molar-refractivity contribution in [1.29, 1.82) is 0 Å². The van der Waals surface area contributed by atoms with Gasteiger partial charge in [0.05, 0.1) is 6.42 Å². The average molecular weight is 330 g/mol. The molecule has 1 fully saturated rings. The van der Waals surface area contributed by atoms with E-state index in [1.165, 1.54) is 32.1 Å². The van der Waals surface area contributed by atoms with Gasteiger partial charge in [-0.25, -0.2) is 5.43 Å². The third kappa shape index (κ3) is 6.48. The van der Waals surface area contributed by atoms with Crippen molar-refractivity contribution in [1.82, 2.24) is 15.7 Å². The van der Waals surface area contributed by atoms with Crippen molar-refractivity contribution in [2.45, 2.75) is 64.3 Å². The number of hydrogen-bond acceptors (Lipinski definition) is 4. The van der Waals surface area contributed by atoms with Gasteiger partial charge < -0.3 is 5.32 Å². The summed E-state index contributed by atoms with van der Waals surface area (Å²) in [7, 11) is 0. The van der Waals surface area contributed by atoms with E-state index in [1.807, 2.05) is 0 Å². The van der Waals surface area contributed by atoms with E-state index in [0.29, 0.717) is 11.3 Å². The second kappa shape index (κ2) is 9.80. The lowest BCUT2D eigenvalue weighted by molar-refractivity contribution is -0.120. The molecular weight excluding hydrogens is 304 g/mol. The molecule has 0 atom stereocenters. The van der Waals surface area contributed by atoms with Gasteiger partial charge in [-0.3, -0.25) is 14.6 Å². The molecule has 1 heterocycles. The lowest BCUT2D eigenvalue weighted by atomic mass is 9.96. The molecule has 0 bridgehead atoms. The first-order chi connectivity index (χ1) is 11.6. The second-order valence-corrected chi connectivity index (χ2v) is 6.31. The fourth-order valence-electron chi connectivity index (χ4n) is 2.87. The highest BCUT2D eigenvalue weighted by Crippen LogP contribution is 2.17. The zero-order valence-corrected chi connectivity index (χ0v) is 14.3. The number of aromatic nitrogens is 1. The molecule has 0 saturated heterocycles. The Morgan fingerprint density at radius 1 is 1.12 bits per heavy atom. The van der Waals surface area contributed by atoms with Gasteiger partial charge in [0, 0.05) is 29.7 Å². The highest BCUT2D eigenvalue weighted by molar-refractivity contribution is 6.01. The van der Waals surface area contributed by atoms with E-state index in [-0.39, 0.29) is 24.3 Å². The maximum absolute atomic E-state index is 12.1. The smallest absolute Gasteiger partial charge is 0.271 e. The first-order valence-corrected chi connectivity index (χ1v) is 8.68. The molecule has 1 aliphatic rings. The summed E-state index contributed by atoms with van der Waals surface area (Å²) >= 11 is 0. The minimum absolute atomic E-state index is 0.0278. The Hall–Kier alpha value is -2.24. The van der Waals surface area contributed by atoms with Crippen molar-refractivity contribution >= 4 is 17.5 Å². The minimum atomic E-state index is -0.308. The zero-order valence-electron chi connectivity index (χ0n) is 14.3. The molecule has 1 aromatic rings. The summed E-state index contributed by atoms with van der Waals surface area (Å²) in [5.41, 5.74) is 3.54. The number of nitrogens with zero attached hydrogens (tertiary/aromatic N) is 2. The first kappa shape index (κ1) is 18.1. The van der Waals surface area contributed by atoms with Crippen LogP contribution in [0.25, 0.3) is 0 Å². The lowest BCUT2D eigenvalue weighted by Crippen LogP contribution is -2.36. The van der Waals surface area contributed by atoms with Crippen LogP contribution in [0.1, 0.15) is 68.6 Å². The number of amides is 2. The maximum Gasteiger partial charge on any atom is 0.271 e. The molecule has 6 nitrogen and oxygen atoms in total. The van der Waals surface area contributed by atoms with Crippen LogP contribution in [0.4, 0.5) is 0 Å². The molecule has 130 valence electrons. The van der Waals surface area contributed by atoms with Crippen molar-refractivity contribution in [2.75, 3.05) is 0 Å². The Labute approximate surface area is 143 Å². The summed E-state index contributed by atoms with van der Waals surface area (Å²) in [5, 5.41) is 7.10. The largest absolute Gasteiger partial charge is 0.353 e. The molecular formula is C18H26N4O2. The predicted molar refractivity (Wildman–Crippen MR) is 93.7 cm³/mol. The number of pyridine rings is 1. The second-order valence-electron chi connectivity index (χ2n) is 6.31.